The van der Waals surface area contributed by atoms with Crippen LogP contribution in [0.25, 0.3) is 0 Å². The van der Waals surface area contributed by atoms with Crippen LogP contribution in [0.3, 0.4) is 0 Å². The number of aliphatic carboxylic acids is 1. The summed E-state index contributed by atoms with van der Waals surface area (Å²) in [5.41, 5.74) is 7.28. The first-order valence-corrected chi connectivity index (χ1v) is 9.42. The summed E-state index contributed by atoms with van der Waals surface area (Å²) in [5.74, 6) is -1.76. The van der Waals surface area contributed by atoms with Crippen molar-refractivity contribution >= 4 is 34.9 Å². The molecule has 8 heteroatoms. The normalized spacial score (nSPS) is 16.5. The third-order valence-electron chi connectivity index (χ3n) is 4.35. The fraction of sp³-hybridized carbons (Fsp3) is 0.333. The maximum atomic E-state index is 12.8. The molecule has 6 nitrogen and oxygen atoms in total. The molecule has 138 valence electrons. The predicted octanol–water partition coefficient (Wildman–Crippen LogP) is 2.46. The molecular formula is C18H19ClN2O4S. The van der Waals surface area contributed by atoms with E-state index < -0.39 is 24.0 Å². The molecule has 0 radical (unpaired) electrons. The van der Waals surface area contributed by atoms with Gasteiger partial charge >= 0.3 is 11.9 Å². The van der Waals surface area contributed by atoms with Gasteiger partial charge in [0.25, 0.3) is 0 Å². The van der Waals surface area contributed by atoms with E-state index in [2.05, 4.69) is 6.07 Å². The summed E-state index contributed by atoms with van der Waals surface area (Å²) in [6.07, 6.45) is 0.843. The number of halogens is 1. The number of nitrogens with two attached hydrogens (primary N) is 1. The molecule has 2 atom stereocenters. The van der Waals surface area contributed by atoms with Crippen LogP contribution < -0.4 is 5.73 Å². The summed E-state index contributed by atoms with van der Waals surface area (Å²) in [4.78, 5) is 27.0. The average molecular weight is 395 g/mol. The highest BCUT2D eigenvalue weighted by molar-refractivity contribution is 7.10. The second-order valence-electron chi connectivity index (χ2n) is 6.09. The van der Waals surface area contributed by atoms with Crippen LogP contribution in [0.4, 0.5) is 0 Å². The molecule has 1 aromatic carbocycles. The van der Waals surface area contributed by atoms with Gasteiger partial charge in [-0.25, -0.2) is 4.79 Å². The van der Waals surface area contributed by atoms with Crippen molar-refractivity contribution < 1.29 is 19.4 Å². The van der Waals surface area contributed by atoms with Crippen LogP contribution in [-0.4, -0.2) is 41.1 Å². The van der Waals surface area contributed by atoms with Crippen LogP contribution in [0.1, 0.15) is 22.0 Å². The maximum Gasteiger partial charge on any atom is 0.328 e. The lowest BCUT2D eigenvalue weighted by molar-refractivity contribution is -0.153. The minimum atomic E-state index is -1.25. The van der Waals surface area contributed by atoms with E-state index >= 15 is 0 Å². The van der Waals surface area contributed by atoms with Crippen LogP contribution in [0.5, 0.6) is 0 Å². The molecule has 3 rings (SSSR count). The first kappa shape index (κ1) is 18.8. The van der Waals surface area contributed by atoms with Gasteiger partial charge in [-0.3, -0.25) is 9.69 Å². The Kier molecular flexibility index (Phi) is 5.93. The first-order chi connectivity index (χ1) is 12.5. The number of hydrogen-bond acceptors (Lipinski definition) is 6. The number of thiophene rings is 1. The van der Waals surface area contributed by atoms with Crippen LogP contribution >= 0.6 is 22.9 Å². The van der Waals surface area contributed by atoms with Gasteiger partial charge in [-0.05, 0) is 35.1 Å². The number of carboxylic acid groups (broad SMARTS) is 1. The largest absolute Gasteiger partial charge is 0.480 e. The molecule has 26 heavy (non-hydrogen) atoms. The molecule has 1 aliphatic heterocycles. The molecule has 0 unspecified atom stereocenters. The van der Waals surface area contributed by atoms with E-state index in [4.69, 9.17) is 27.2 Å². The molecule has 0 fully saturated rings. The number of carbonyl (C=O) groups excluding carboxylic acids is 1. The zero-order valence-corrected chi connectivity index (χ0v) is 15.5. The van der Waals surface area contributed by atoms with E-state index in [-0.39, 0.29) is 6.61 Å². The van der Waals surface area contributed by atoms with Gasteiger partial charge in [-0.15, -0.1) is 11.3 Å². The number of rotatable bonds is 6. The van der Waals surface area contributed by atoms with E-state index in [0.29, 0.717) is 23.7 Å². The van der Waals surface area contributed by atoms with Gasteiger partial charge < -0.3 is 15.6 Å². The number of fused-ring (bicyclic) bond motifs is 1. The summed E-state index contributed by atoms with van der Waals surface area (Å²) in [6.45, 7) is 0.908. The average Bonchev–Trinajstić information content (AvgIpc) is 3.09. The number of benzene rings is 1. The van der Waals surface area contributed by atoms with Gasteiger partial charge in [-0.2, -0.15) is 0 Å². The van der Waals surface area contributed by atoms with Crippen molar-refractivity contribution in [2.45, 2.75) is 25.0 Å². The third kappa shape index (κ3) is 4.07. The Morgan fingerprint density at radius 2 is 2.12 bits per heavy atom. The standard InChI is InChI=1S/C18H19ClN2O4S/c19-13-4-2-1-3-12(13)16(18(24)25-10-14(20)17(22)23)21-7-5-15-11(9-21)6-8-26-15/h1-4,6,8,14,16H,5,7,9-10,20H2,(H,22,23)/t14-,16-/m0/s1. The maximum absolute atomic E-state index is 12.8. The van der Waals surface area contributed by atoms with Gasteiger partial charge in [0.15, 0.2) is 0 Å². The number of carboxylic acids is 1. The summed E-state index contributed by atoms with van der Waals surface area (Å²) < 4.78 is 5.22. The Bertz CT molecular complexity index is 810. The molecule has 1 aliphatic rings. The summed E-state index contributed by atoms with van der Waals surface area (Å²) in [5, 5.41) is 11.4. The Labute approximate surface area is 160 Å². The second kappa shape index (κ2) is 8.18. The minimum Gasteiger partial charge on any atom is -0.480 e. The molecule has 1 aromatic heterocycles. The van der Waals surface area contributed by atoms with Crippen LogP contribution in [0.2, 0.25) is 5.02 Å². The predicted molar refractivity (Wildman–Crippen MR) is 99.2 cm³/mol. The zero-order chi connectivity index (χ0) is 18.7. The molecule has 2 aromatic rings. The van der Waals surface area contributed by atoms with Crippen molar-refractivity contribution in [1.29, 1.82) is 0 Å². The van der Waals surface area contributed by atoms with Crippen molar-refractivity contribution in [3.63, 3.8) is 0 Å². The molecule has 2 heterocycles. The number of ether oxygens (including phenoxy) is 1. The number of hydrogen-bond donors (Lipinski definition) is 2. The Morgan fingerprint density at radius 3 is 2.85 bits per heavy atom. The van der Waals surface area contributed by atoms with Crippen LogP contribution in [0, 0.1) is 0 Å². The van der Waals surface area contributed by atoms with Crippen molar-refractivity contribution in [3.8, 4) is 0 Å². The molecule has 3 N–H and O–H groups in total. The molecular weight excluding hydrogens is 376 g/mol. The lowest BCUT2D eigenvalue weighted by atomic mass is 10.0. The first-order valence-electron chi connectivity index (χ1n) is 8.16. The van der Waals surface area contributed by atoms with Crippen LogP contribution in [0.15, 0.2) is 35.7 Å². The highest BCUT2D eigenvalue weighted by Crippen LogP contribution is 2.34. The summed E-state index contributed by atoms with van der Waals surface area (Å²) in [7, 11) is 0. The topological polar surface area (TPSA) is 92.9 Å². The highest BCUT2D eigenvalue weighted by Gasteiger charge is 2.33. The Morgan fingerprint density at radius 1 is 1.35 bits per heavy atom. The lowest BCUT2D eigenvalue weighted by Gasteiger charge is -2.33. The van der Waals surface area contributed by atoms with E-state index in [0.717, 1.165) is 6.42 Å². The van der Waals surface area contributed by atoms with E-state index in [1.54, 1.807) is 29.5 Å². The molecule has 0 spiro atoms. The fourth-order valence-corrected chi connectivity index (χ4v) is 4.11. The van der Waals surface area contributed by atoms with Gasteiger partial charge in [0.2, 0.25) is 0 Å². The van der Waals surface area contributed by atoms with E-state index in [1.807, 2.05) is 16.3 Å². The van der Waals surface area contributed by atoms with E-state index in [1.165, 1.54) is 10.4 Å². The van der Waals surface area contributed by atoms with Gasteiger partial charge in [0.05, 0.1) is 0 Å². The number of esters is 1. The monoisotopic (exact) mass is 394 g/mol. The van der Waals surface area contributed by atoms with Gasteiger partial charge in [-0.1, -0.05) is 29.8 Å². The SMILES string of the molecule is N[C@@H](COC(=O)[C@H](c1ccccc1Cl)N1CCc2sccc2C1)C(=O)O. The smallest absolute Gasteiger partial charge is 0.328 e. The summed E-state index contributed by atoms with van der Waals surface area (Å²) in [6, 6.07) is 7.20. The van der Waals surface area contributed by atoms with Crippen molar-refractivity contribution in [3.05, 3.63) is 56.7 Å². The van der Waals surface area contributed by atoms with Crippen molar-refractivity contribution in [2.24, 2.45) is 5.73 Å². The van der Waals surface area contributed by atoms with E-state index in [9.17, 15) is 9.59 Å². The number of carbonyl (C=O) groups is 2. The van der Waals surface area contributed by atoms with Gasteiger partial charge in [0, 0.05) is 23.0 Å². The van der Waals surface area contributed by atoms with Gasteiger partial charge in [0.1, 0.15) is 18.7 Å². The van der Waals surface area contributed by atoms with Crippen molar-refractivity contribution in [2.75, 3.05) is 13.2 Å². The molecule has 0 bridgehead atoms. The zero-order valence-electron chi connectivity index (χ0n) is 13.9. The molecule has 0 saturated heterocycles. The molecule has 0 amide bonds. The second-order valence-corrected chi connectivity index (χ2v) is 7.50. The highest BCUT2D eigenvalue weighted by atomic mass is 35.5. The van der Waals surface area contributed by atoms with Crippen LogP contribution in [-0.2, 0) is 27.3 Å². The minimum absolute atomic E-state index is 0.382. The third-order valence-corrected chi connectivity index (χ3v) is 5.71. The Hall–Kier alpha value is -1.93. The Balaban J connectivity index is 1.84. The number of nitrogens with zero attached hydrogens (tertiary/aromatic N) is 1. The summed E-state index contributed by atoms with van der Waals surface area (Å²) >= 11 is 8.04. The fourth-order valence-electron chi connectivity index (χ4n) is 2.98. The quantitative estimate of drug-likeness (QED) is 0.731. The van der Waals surface area contributed by atoms with Crippen molar-refractivity contribution in [1.82, 2.24) is 4.90 Å². The molecule has 0 saturated carbocycles. The molecule has 0 aliphatic carbocycles. The lowest BCUT2D eigenvalue weighted by Crippen LogP contribution is -2.41.